The van der Waals surface area contributed by atoms with E-state index in [9.17, 15) is 0 Å². The zero-order chi connectivity index (χ0) is 13.8. The molecule has 100 valence electrons. The van der Waals surface area contributed by atoms with Crippen LogP contribution in [0.5, 0.6) is 5.75 Å². The molecular weight excluding hydrogens is 238 g/mol. The highest BCUT2D eigenvalue weighted by Gasteiger charge is 2.14. The molecule has 2 rings (SSSR count). The van der Waals surface area contributed by atoms with Gasteiger partial charge in [-0.25, -0.2) is 4.98 Å². The third-order valence-corrected chi connectivity index (χ3v) is 3.15. The summed E-state index contributed by atoms with van der Waals surface area (Å²) in [5, 5.41) is 0. The maximum atomic E-state index is 6.26. The number of hydrogen-bond acceptors (Lipinski definition) is 4. The summed E-state index contributed by atoms with van der Waals surface area (Å²) < 4.78 is 5.39. The van der Waals surface area contributed by atoms with Gasteiger partial charge in [-0.1, -0.05) is 18.2 Å². The molecule has 0 saturated carbocycles. The fraction of sp³-hybridized carbons (Fsp3) is 0.267. The second-order valence-electron chi connectivity index (χ2n) is 4.60. The SMILES string of the molecule is COc1cc(C)ccc1C(N)Cc1cccnc1N. The molecule has 0 saturated heterocycles. The number of pyridine rings is 1. The molecule has 1 aromatic heterocycles. The smallest absolute Gasteiger partial charge is 0.126 e. The third kappa shape index (κ3) is 3.03. The van der Waals surface area contributed by atoms with Crippen molar-refractivity contribution in [3.05, 3.63) is 53.2 Å². The van der Waals surface area contributed by atoms with Crippen molar-refractivity contribution in [2.24, 2.45) is 5.73 Å². The molecule has 4 N–H and O–H groups in total. The highest BCUT2D eigenvalue weighted by Crippen LogP contribution is 2.27. The molecule has 4 heteroatoms. The molecule has 0 radical (unpaired) electrons. The maximum absolute atomic E-state index is 6.26. The van der Waals surface area contributed by atoms with E-state index in [1.807, 2.05) is 37.3 Å². The number of nitrogens with two attached hydrogens (primary N) is 2. The van der Waals surface area contributed by atoms with E-state index >= 15 is 0 Å². The molecule has 19 heavy (non-hydrogen) atoms. The molecule has 0 aliphatic carbocycles. The minimum Gasteiger partial charge on any atom is -0.496 e. The van der Waals surface area contributed by atoms with Crippen LogP contribution in [0.25, 0.3) is 0 Å². The van der Waals surface area contributed by atoms with Crippen molar-refractivity contribution in [1.82, 2.24) is 4.98 Å². The minimum absolute atomic E-state index is 0.165. The molecule has 2 aromatic rings. The van der Waals surface area contributed by atoms with Gasteiger partial charge in [0.2, 0.25) is 0 Å². The van der Waals surface area contributed by atoms with Crippen molar-refractivity contribution in [2.45, 2.75) is 19.4 Å². The Hall–Kier alpha value is -2.07. The highest BCUT2D eigenvalue weighted by molar-refractivity contribution is 5.43. The van der Waals surface area contributed by atoms with Gasteiger partial charge in [-0.2, -0.15) is 0 Å². The lowest BCUT2D eigenvalue weighted by molar-refractivity contribution is 0.405. The van der Waals surface area contributed by atoms with Gasteiger partial charge in [0.05, 0.1) is 7.11 Å². The van der Waals surface area contributed by atoms with Crippen LogP contribution >= 0.6 is 0 Å². The fourth-order valence-corrected chi connectivity index (χ4v) is 2.09. The maximum Gasteiger partial charge on any atom is 0.126 e. The lowest BCUT2D eigenvalue weighted by Gasteiger charge is -2.17. The van der Waals surface area contributed by atoms with Crippen molar-refractivity contribution in [1.29, 1.82) is 0 Å². The summed E-state index contributed by atoms with van der Waals surface area (Å²) in [4.78, 5) is 4.07. The first-order valence-corrected chi connectivity index (χ1v) is 6.21. The van der Waals surface area contributed by atoms with E-state index in [4.69, 9.17) is 16.2 Å². The summed E-state index contributed by atoms with van der Waals surface area (Å²) in [6, 6.07) is 9.67. The monoisotopic (exact) mass is 257 g/mol. The van der Waals surface area contributed by atoms with Crippen molar-refractivity contribution >= 4 is 5.82 Å². The molecule has 0 aliphatic rings. The number of hydrogen-bond donors (Lipinski definition) is 2. The summed E-state index contributed by atoms with van der Waals surface area (Å²) in [6.45, 7) is 2.02. The molecular formula is C15H19N3O. The number of aryl methyl sites for hydroxylation is 1. The molecule has 1 heterocycles. The molecule has 1 unspecified atom stereocenters. The Balaban J connectivity index is 2.25. The highest BCUT2D eigenvalue weighted by atomic mass is 16.5. The standard InChI is InChI=1S/C15H19N3O/c1-10-5-6-12(14(8-10)19-2)13(16)9-11-4-3-7-18-15(11)17/h3-8,13H,9,16H2,1-2H3,(H2,17,18). The quantitative estimate of drug-likeness (QED) is 0.880. The molecule has 4 nitrogen and oxygen atoms in total. The molecule has 1 aromatic carbocycles. The number of nitrogen functional groups attached to an aromatic ring is 1. The minimum atomic E-state index is -0.165. The van der Waals surface area contributed by atoms with Crippen molar-refractivity contribution in [3.63, 3.8) is 0 Å². The normalized spacial score (nSPS) is 12.2. The molecule has 0 bridgehead atoms. The molecule has 1 atom stereocenters. The first-order chi connectivity index (χ1) is 9.11. The Labute approximate surface area is 113 Å². The Morgan fingerprint density at radius 2 is 2.11 bits per heavy atom. The Morgan fingerprint density at radius 3 is 2.79 bits per heavy atom. The first kappa shape index (κ1) is 13.4. The van der Waals surface area contributed by atoms with E-state index in [0.29, 0.717) is 12.2 Å². The average Bonchev–Trinajstić information content (AvgIpc) is 2.41. The van der Waals surface area contributed by atoms with Crippen LogP contribution in [-0.4, -0.2) is 12.1 Å². The molecule has 0 aliphatic heterocycles. The molecule has 0 spiro atoms. The first-order valence-electron chi connectivity index (χ1n) is 6.21. The summed E-state index contributed by atoms with van der Waals surface area (Å²) in [5.41, 5.74) is 15.2. The van der Waals surface area contributed by atoms with Crippen LogP contribution in [-0.2, 0) is 6.42 Å². The van der Waals surface area contributed by atoms with Crippen LogP contribution < -0.4 is 16.2 Å². The third-order valence-electron chi connectivity index (χ3n) is 3.15. The fourth-order valence-electron chi connectivity index (χ4n) is 2.09. The topological polar surface area (TPSA) is 74.2 Å². The van der Waals surface area contributed by atoms with Crippen LogP contribution in [0, 0.1) is 6.92 Å². The van der Waals surface area contributed by atoms with E-state index in [2.05, 4.69) is 4.98 Å². The van der Waals surface area contributed by atoms with E-state index in [1.165, 1.54) is 0 Å². The van der Waals surface area contributed by atoms with Gasteiger partial charge in [-0.15, -0.1) is 0 Å². The number of aromatic nitrogens is 1. The van der Waals surface area contributed by atoms with E-state index < -0.39 is 0 Å². The number of benzene rings is 1. The predicted octanol–water partition coefficient (Wildman–Crippen LogP) is 2.22. The van der Waals surface area contributed by atoms with Gasteiger partial charge in [-0.05, 0) is 36.6 Å². The second-order valence-corrected chi connectivity index (χ2v) is 4.60. The van der Waals surface area contributed by atoms with Crippen LogP contribution in [0.4, 0.5) is 5.82 Å². The lowest BCUT2D eigenvalue weighted by atomic mass is 9.98. The number of anilines is 1. The Morgan fingerprint density at radius 1 is 1.32 bits per heavy atom. The van der Waals surface area contributed by atoms with Crippen LogP contribution in [0.1, 0.15) is 22.7 Å². The zero-order valence-corrected chi connectivity index (χ0v) is 11.3. The summed E-state index contributed by atoms with van der Waals surface area (Å²) in [6.07, 6.45) is 2.32. The number of rotatable bonds is 4. The second kappa shape index (κ2) is 5.71. The largest absolute Gasteiger partial charge is 0.496 e. The van der Waals surface area contributed by atoms with E-state index in [1.54, 1.807) is 13.3 Å². The number of nitrogens with zero attached hydrogens (tertiary/aromatic N) is 1. The number of ether oxygens (including phenoxy) is 1. The van der Waals surface area contributed by atoms with E-state index in [0.717, 1.165) is 22.4 Å². The summed E-state index contributed by atoms with van der Waals surface area (Å²) in [5.74, 6) is 1.35. The van der Waals surface area contributed by atoms with E-state index in [-0.39, 0.29) is 6.04 Å². The van der Waals surface area contributed by atoms with Crippen molar-refractivity contribution in [2.75, 3.05) is 12.8 Å². The summed E-state index contributed by atoms with van der Waals surface area (Å²) in [7, 11) is 1.66. The molecule has 0 amide bonds. The van der Waals surface area contributed by atoms with Gasteiger partial charge in [-0.3, -0.25) is 0 Å². The lowest BCUT2D eigenvalue weighted by Crippen LogP contribution is -2.15. The number of methoxy groups -OCH3 is 1. The molecule has 0 fully saturated rings. The van der Waals surface area contributed by atoms with Gasteiger partial charge in [0, 0.05) is 17.8 Å². The van der Waals surface area contributed by atoms with Crippen LogP contribution in [0.15, 0.2) is 36.5 Å². The Kier molecular flexibility index (Phi) is 4.02. The van der Waals surface area contributed by atoms with Crippen LogP contribution in [0.3, 0.4) is 0 Å². The Bertz CT molecular complexity index is 569. The van der Waals surface area contributed by atoms with Gasteiger partial charge in [0.1, 0.15) is 11.6 Å². The zero-order valence-electron chi connectivity index (χ0n) is 11.3. The predicted molar refractivity (Wildman–Crippen MR) is 77.0 cm³/mol. The average molecular weight is 257 g/mol. The van der Waals surface area contributed by atoms with Gasteiger partial charge < -0.3 is 16.2 Å². The van der Waals surface area contributed by atoms with Crippen LogP contribution in [0.2, 0.25) is 0 Å². The van der Waals surface area contributed by atoms with Crippen molar-refractivity contribution in [3.8, 4) is 5.75 Å². The van der Waals surface area contributed by atoms with Gasteiger partial charge in [0.15, 0.2) is 0 Å². The summed E-state index contributed by atoms with van der Waals surface area (Å²) >= 11 is 0. The van der Waals surface area contributed by atoms with Gasteiger partial charge >= 0.3 is 0 Å². The van der Waals surface area contributed by atoms with Gasteiger partial charge in [0.25, 0.3) is 0 Å². The van der Waals surface area contributed by atoms with Crippen molar-refractivity contribution < 1.29 is 4.74 Å².